The average molecular weight is 447 g/mol. The minimum absolute atomic E-state index is 0.0573. The van der Waals surface area contributed by atoms with Crippen molar-refractivity contribution < 1.29 is 4.79 Å². The standard InChI is InChI=1S/C24H30N8O/c1-31(2)10-6-9-21(33)29-19-11-20(12-19)30-24-22(23(25)26-16-27-24)18-13-28-32(15-18)14-17-7-4-3-5-8-17/h3-9,13,15-16,19-20H,10-12,14H2,1-2H3,(H,29,33)(H3,25,26,27,30)/b9-6+/t19-,20+. The van der Waals surface area contributed by atoms with Crippen LogP contribution in [0.2, 0.25) is 0 Å². The molecule has 1 aliphatic rings. The largest absolute Gasteiger partial charge is 0.383 e. The zero-order chi connectivity index (χ0) is 23.2. The van der Waals surface area contributed by atoms with Crippen LogP contribution in [0.5, 0.6) is 0 Å². The summed E-state index contributed by atoms with van der Waals surface area (Å²) in [6, 6.07) is 10.5. The molecule has 0 atom stereocenters. The summed E-state index contributed by atoms with van der Waals surface area (Å²) in [5.74, 6) is 1.03. The summed E-state index contributed by atoms with van der Waals surface area (Å²) >= 11 is 0. The van der Waals surface area contributed by atoms with E-state index in [4.69, 9.17) is 5.73 Å². The zero-order valence-corrected chi connectivity index (χ0v) is 19.0. The number of rotatable bonds is 9. The Hall–Kier alpha value is -3.72. The van der Waals surface area contributed by atoms with E-state index in [-0.39, 0.29) is 18.0 Å². The first kappa shape index (κ1) is 22.5. The number of nitrogens with zero attached hydrogens (tertiary/aromatic N) is 5. The van der Waals surface area contributed by atoms with Crippen molar-refractivity contribution in [2.45, 2.75) is 31.5 Å². The SMILES string of the molecule is CN(C)C/C=C/C(=O)N[C@H]1C[C@@H](Nc2ncnc(N)c2-c2cnn(Cc3ccccc3)c2)C1. The van der Waals surface area contributed by atoms with Gasteiger partial charge in [0.2, 0.25) is 5.91 Å². The van der Waals surface area contributed by atoms with E-state index in [1.807, 2.05) is 54.1 Å². The Kier molecular flexibility index (Phi) is 6.99. The second kappa shape index (κ2) is 10.3. The first-order valence-corrected chi connectivity index (χ1v) is 11.0. The highest BCUT2D eigenvalue weighted by Crippen LogP contribution is 2.33. The van der Waals surface area contributed by atoms with Crippen LogP contribution in [0, 0.1) is 0 Å². The number of nitrogen functional groups attached to an aromatic ring is 1. The molecule has 2 heterocycles. The third-order valence-electron chi connectivity index (χ3n) is 5.55. The van der Waals surface area contributed by atoms with Crippen LogP contribution < -0.4 is 16.4 Å². The minimum atomic E-state index is -0.0573. The van der Waals surface area contributed by atoms with Crippen molar-refractivity contribution in [2.24, 2.45) is 0 Å². The molecule has 0 saturated heterocycles. The topological polar surface area (TPSA) is 114 Å². The number of likely N-dealkylation sites (N-methyl/N-ethyl adjacent to an activating group) is 1. The molecule has 0 bridgehead atoms. The molecule has 0 spiro atoms. The van der Waals surface area contributed by atoms with Crippen molar-refractivity contribution >= 4 is 17.5 Å². The summed E-state index contributed by atoms with van der Waals surface area (Å²) in [6.45, 7) is 1.41. The van der Waals surface area contributed by atoms with Crippen molar-refractivity contribution in [3.05, 3.63) is 66.8 Å². The highest BCUT2D eigenvalue weighted by molar-refractivity contribution is 5.88. The van der Waals surface area contributed by atoms with E-state index < -0.39 is 0 Å². The molecule has 0 unspecified atom stereocenters. The monoisotopic (exact) mass is 446 g/mol. The maximum atomic E-state index is 12.0. The van der Waals surface area contributed by atoms with Gasteiger partial charge < -0.3 is 21.3 Å². The second-order valence-corrected chi connectivity index (χ2v) is 8.58. The fourth-order valence-electron chi connectivity index (χ4n) is 3.81. The Labute approximate surface area is 193 Å². The van der Waals surface area contributed by atoms with E-state index in [0.29, 0.717) is 18.2 Å². The Morgan fingerprint density at radius 2 is 2.00 bits per heavy atom. The van der Waals surface area contributed by atoms with Gasteiger partial charge in [0.25, 0.3) is 0 Å². The molecule has 0 aliphatic heterocycles. The van der Waals surface area contributed by atoms with Crippen molar-refractivity contribution in [3.8, 4) is 11.1 Å². The number of carbonyl (C=O) groups is 1. The van der Waals surface area contributed by atoms with Gasteiger partial charge in [-0.3, -0.25) is 9.48 Å². The highest BCUT2D eigenvalue weighted by Gasteiger charge is 2.31. The van der Waals surface area contributed by atoms with Gasteiger partial charge in [0.15, 0.2) is 0 Å². The van der Waals surface area contributed by atoms with E-state index in [2.05, 4.69) is 37.8 Å². The van der Waals surface area contributed by atoms with Crippen LogP contribution in [-0.4, -0.2) is 63.3 Å². The number of hydrogen-bond acceptors (Lipinski definition) is 7. The van der Waals surface area contributed by atoms with Gasteiger partial charge in [0.1, 0.15) is 18.0 Å². The molecule has 1 aliphatic carbocycles. The molecule has 1 saturated carbocycles. The molecular weight excluding hydrogens is 416 g/mol. The number of benzene rings is 1. The van der Waals surface area contributed by atoms with Gasteiger partial charge in [-0.2, -0.15) is 5.10 Å². The Bertz CT molecular complexity index is 1100. The molecule has 9 nitrogen and oxygen atoms in total. The summed E-state index contributed by atoms with van der Waals surface area (Å²) in [7, 11) is 3.93. The number of aromatic nitrogens is 4. The smallest absolute Gasteiger partial charge is 0.243 e. The predicted molar refractivity (Wildman–Crippen MR) is 129 cm³/mol. The molecule has 0 radical (unpaired) electrons. The first-order valence-electron chi connectivity index (χ1n) is 11.0. The summed E-state index contributed by atoms with van der Waals surface area (Å²) in [5, 5.41) is 11.0. The maximum absolute atomic E-state index is 12.0. The van der Waals surface area contributed by atoms with Crippen LogP contribution in [0.4, 0.5) is 11.6 Å². The normalized spacial score (nSPS) is 17.8. The number of nitrogens with one attached hydrogen (secondary N) is 2. The molecule has 1 aromatic carbocycles. The zero-order valence-electron chi connectivity index (χ0n) is 19.0. The highest BCUT2D eigenvalue weighted by atomic mass is 16.1. The lowest BCUT2D eigenvalue weighted by Crippen LogP contribution is -2.49. The predicted octanol–water partition coefficient (Wildman–Crippen LogP) is 2.15. The van der Waals surface area contributed by atoms with Crippen LogP contribution in [0.3, 0.4) is 0 Å². The Balaban J connectivity index is 1.37. The number of carbonyl (C=O) groups excluding carboxylic acids is 1. The summed E-state index contributed by atoms with van der Waals surface area (Å²) in [4.78, 5) is 22.6. The minimum Gasteiger partial charge on any atom is -0.383 e. The molecule has 2 aromatic heterocycles. The van der Waals surface area contributed by atoms with Crippen molar-refractivity contribution in [2.75, 3.05) is 31.7 Å². The van der Waals surface area contributed by atoms with E-state index >= 15 is 0 Å². The Morgan fingerprint density at radius 1 is 1.21 bits per heavy atom. The molecule has 9 heteroatoms. The van der Waals surface area contributed by atoms with Crippen molar-refractivity contribution in [1.82, 2.24) is 30.0 Å². The third kappa shape index (κ3) is 5.95. The van der Waals surface area contributed by atoms with Gasteiger partial charge >= 0.3 is 0 Å². The van der Waals surface area contributed by atoms with Crippen LogP contribution in [-0.2, 0) is 11.3 Å². The molecule has 3 aromatic rings. The lowest BCUT2D eigenvalue weighted by molar-refractivity contribution is -0.117. The average Bonchev–Trinajstić information content (AvgIpc) is 3.20. The quantitative estimate of drug-likeness (QED) is 0.432. The van der Waals surface area contributed by atoms with Gasteiger partial charge in [-0.25, -0.2) is 9.97 Å². The van der Waals surface area contributed by atoms with Gasteiger partial charge in [-0.05, 0) is 32.5 Å². The van der Waals surface area contributed by atoms with Gasteiger partial charge in [0.05, 0.1) is 18.3 Å². The van der Waals surface area contributed by atoms with Gasteiger partial charge in [-0.15, -0.1) is 0 Å². The number of hydrogen-bond donors (Lipinski definition) is 3. The van der Waals surface area contributed by atoms with Crippen LogP contribution >= 0.6 is 0 Å². The van der Waals surface area contributed by atoms with E-state index in [1.165, 1.54) is 11.9 Å². The lowest BCUT2D eigenvalue weighted by Gasteiger charge is -2.36. The van der Waals surface area contributed by atoms with Crippen LogP contribution in [0.25, 0.3) is 11.1 Å². The summed E-state index contributed by atoms with van der Waals surface area (Å²) in [6.07, 6.45) is 10.3. The first-order chi connectivity index (χ1) is 16.0. The molecular formula is C24H30N8O. The molecule has 1 fully saturated rings. The second-order valence-electron chi connectivity index (χ2n) is 8.58. The molecule has 4 N–H and O–H groups in total. The summed E-state index contributed by atoms with van der Waals surface area (Å²) in [5.41, 5.74) is 8.99. The molecule has 4 rings (SSSR count). The molecule has 1 amide bonds. The third-order valence-corrected chi connectivity index (χ3v) is 5.55. The van der Waals surface area contributed by atoms with Crippen LogP contribution in [0.15, 0.2) is 61.2 Å². The fraction of sp³-hybridized carbons (Fsp3) is 0.333. The fourth-order valence-corrected chi connectivity index (χ4v) is 3.81. The number of anilines is 2. The Morgan fingerprint density at radius 3 is 2.76 bits per heavy atom. The van der Waals surface area contributed by atoms with Crippen LogP contribution in [0.1, 0.15) is 18.4 Å². The maximum Gasteiger partial charge on any atom is 0.243 e. The van der Waals surface area contributed by atoms with E-state index in [0.717, 1.165) is 30.5 Å². The summed E-state index contributed by atoms with van der Waals surface area (Å²) < 4.78 is 1.87. The van der Waals surface area contributed by atoms with Crippen molar-refractivity contribution in [3.63, 3.8) is 0 Å². The molecule has 172 valence electrons. The van der Waals surface area contributed by atoms with Crippen molar-refractivity contribution in [1.29, 1.82) is 0 Å². The van der Waals surface area contributed by atoms with E-state index in [9.17, 15) is 4.79 Å². The number of amides is 1. The van der Waals surface area contributed by atoms with Gasteiger partial charge in [0, 0.05) is 36.5 Å². The molecule has 33 heavy (non-hydrogen) atoms. The number of nitrogens with two attached hydrogens (primary N) is 1. The van der Waals surface area contributed by atoms with E-state index in [1.54, 1.807) is 12.3 Å². The lowest BCUT2D eigenvalue weighted by atomic mass is 9.86. The van der Waals surface area contributed by atoms with Gasteiger partial charge in [-0.1, -0.05) is 36.4 Å².